The molecule has 5 nitrogen and oxygen atoms in total. The van der Waals surface area contributed by atoms with Crippen molar-refractivity contribution in [2.24, 2.45) is 0 Å². The first-order valence-corrected chi connectivity index (χ1v) is 21.6. The van der Waals surface area contributed by atoms with Crippen LogP contribution in [0.2, 0.25) is 0 Å². The van der Waals surface area contributed by atoms with Crippen molar-refractivity contribution in [3.63, 3.8) is 0 Å². The molecule has 0 aromatic rings. The predicted octanol–water partition coefficient (Wildman–Crippen LogP) is 13.1. The second kappa shape index (κ2) is 47.3. The van der Waals surface area contributed by atoms with E-state index in [0.29, 0.717) is 52.9 Å². The molecule has 0 radical (unpaired) electrons. The van der Waals surface area contributed by atoms with Crippen LogP contribution in [0.1, 0.15) is 194 Å². The van der Waals surface area contributed by atoms with Gasteiger partial charge >= 0.3 is 0 Å². The maximum absolute atomic E-state index is 5.70. The van der Waals surface area contributed by atoms with Gasteiger partial charge in [-0.15, -0.1) is 0 Å². The predicted molar refractivity (Wildman–Crippen MR) is 213 cm³/mol. The maximum atomic E-state index is 5.70. The average molecular weight is 695 g/mol. The summed E-state index contributed by atoms with van der Waals surface area (Å²) in [5.74, 6) is 0. The van der Waals surface area contributed by atoms with Crippen LogP contribution in [-0.2, 0) is 23.7 Å². The fourth-order valence-corrected chi connectivity index (χ4v) is 5.88. The van der Waals surface area contributed by atoms with Crippen LogP contribution in [0, 0.1) is 0 Å². The normalized spacial score (nSPS) is 12.0. The van der Waals surface area contributed by atoms with Gasteiger partial charge in [0, 0.05) is 13.2 Å². The topological polar surface area (TPSA) is 46.2 Å². The molecule has 0 spiro atoms. The highest BCUT2D eigenvalue weighted by molar-refractivity contribution is 4.82. The SMILES string of the molecule is CCCCCCCCC=CCCCCCCCCOCCOCCOCCOCCOCCCCCCCCC=CCCCCCCCC. The average Bonchev–Trinajstić information content (AvgIpc) is 3.11. The van der Waals surface area contributed by atoms with E-state index in [4.69, 9.17) is 23.7 Å². The summed E-state index contributed by atoms with van der Waals surface area (Å²) in [6.45, 7) is 11.3. The molecule has 0 unspecified atom stereocenters. The second-order valence-electron chi connectivity index (χ2n) is 13.9. The summed E-state index contributed by atoms with van der Waals surface area (Å²) in [5.41, 5.74) is 0. The van der Waals surface area contributed by atoms with Gasteiger partial charge in [0.1, 0.15) is 0 Å². The zero-order chi connectivity index (χ0) is 35.2. The summed E-state index contributed by atoms with van der Waals surface area (Å²) in [6.07, 6.45) is 47.0. The highest BCUT2D eigenvalue weighted by atomic mass is 16.6. The minimum absolute atomic E-state index is 0.602. The number of unbranched alkanes of at least 4 members (excludes halogenated alkanes) is 24. The van der Waals surface area contributed by atoms with E-state index in [1.807, 2.05) is 0 Å². The van der Waals surface area contributed by atoms with Crippen molar-refractivity contribution in [1.82, 2.24) is 0 Å². The molecular formula is C44H86O5. The molecule has 0 atom stereocenters. The van der Waals surface area contributed by atoms with Crippen LogP contribution < -0.4 is 0 Å². The fraction of sp³-hybridized carbons (Fsp3) is 0.909. The molecular weight excluding hydrogens is 608 g/mol. The summed E-state index contributed by atoms with van der Waals surface area (Å²) in [5, 5.41) is 0. The molecule has 0 N–H and O–H groups in total. The molecule has 0 rings (SSSR count). The van der Waals surface area contributed by atoms with Crippen molar-refractivity contribution in [1.29, 1.82) is 0 Å². The van der Waals surface area contributed by atoms with Crippen LogP contribution in [0.25, 0.3) is 0 Å². The lowest BCUT2D eigenvalue weighted by molar-refractivity contribution is -0.0114. The third-order valence-electron chi connectivity index (χ3n) is 9.09. The fourth-order valence-electron chi connectivity index (χ4n) is 5.88. The summed E-state index contributed by atoms with van der Waals surface area (Å²) in [6, 6.07) is 0. The molecule has 0 saturated heterocycles. The Morgan fingerprint density at radius 1 is 0.224 bits per heavy atom. The number of hydrogen-bond acceptors (Lipinski definition) is 5. The first-order valence-electron chi connectivity index (χ1n) is 21.6. The highest BCUT2D eigenvalue weighted by Crippen LogP contribution is 2.11. The molecule has 0 saturated carbocycles. The van der Waals surface area contributed by atoms with Gasteiger partial charge in [0.2, 0.25) is 0 Å². The molecule has 0 aromatic heterocycles. The minimum Gasteiger partial charge on any atom is -0.379 e. The van der Waals surface area contributed by atoms with Gasteiger partial charge in [-0.2, -0.15) is 0 Å². The van der Waals surface area contributed by atoms with E-state index < -0.39 is 0 Å². The third kappa shape index (κ3) is 47.3. The molecule has 5 heteroatoms. The van der Waals surface area contributed by atoms with Gasteiger partial charge in [0.25, 0.3) is 0 Å². The minimum atomic E-state index is 0.602. The van der Waals surface area contributed by atoms with E-state index in [9.17, 15) is 0 Å². The molecule has 0 fully saturated rings. The quantitative estimate of drug-likeness (QED) is 0.0469. The monoisotopic (exact) mass is 695 g/mol. The summed E-state index contributed by atoms with van der Waals surface area (Å²) >= 11 is 0. The third-order valence-corrected chi connectivity index (χ3v) is 9.09. The van der Waals surface area contributed by atoms with E-state index in [1.54, 1.807) is 0 Å². The van der Waals surface area contributed by atoms with Crippen LogP contribution >= 0.6 is 0 Å². The highest BCUT2D eigenvalue weighted by Gasteiger charge is 1.96. The standard InChI is InChI=1S/C44H86O5/c1-3-5-7-9-11-13-15-17-19-21-23-25-27-29-31-33-35-45-37-39-47-41-43-49-44-42-48-40-38-46-36-34-32-30-28-26-24-22-20-18-16-14-12-10-8-6-4-2/h17-20H,3-16,21-44H2,1-2H3. The summed E-state index contributed by atoms with van der Waals surface area (Å²) in [7, 11) is 0. The molecule has 0 heterocycles. The van der Waals surface area contributed by atoms with Gasteiger partial charge in [-0.3, -0.25) is 0 Å². The van der Waals surface area contributed by atoms with Crippen LogP contribution in [-0.4, -0.2) is 66.1 Å². The molecule has 0 amide bonds. The molecule has 0 aliphatic heterocycles. The van der Waals surface area contributed by atoms with Crippen LogP contribution in [0.4, 0.5) is 0 Å². The van der Waals surface area contributed by atoms with Crippen LogP contribution in [0.5, 0.6) is 0 Å². The van der Waals surface area contributed by atoms with E-state index in [-0.39, 0.29) is 0 Å². The maximum Gasteiger partial charge on any atom is 0.0701 e. The Morgan fingerprint density at radius 2 is 0.429 bits per heavy atom. The lowest BCUT2D eigenvalue weighted by Gasteiger charge is -2.08. The van der Waals surface area contributed by atoms with Crippen molar-refractivity contribution in [3.8, 4) is 0 Å². The van der Waals surface area contributed by atoms with Crippen molar-refractivity contribution >= 4 is 0 Å². The molecule has 49 heavy (non-hydrogen) atoms. The Hall–Kier alpha value is -0.720. The molecule has 292 valence electrons. The first-order chi connectivity index (χ1) is 24.4. The van der Waals surface area contributed by atoms with Crippen molar-refractivity contribution < 1.29 is 23.7 Å². The Labute approximate surface area is 307 Å². The van der Waals surface area contributed by atoms with E-state index in [2.05, 4.69) is 38.2 Å². The number of hydrogen-bond donors (Lipinski definition) is 0. The van der Waals surface area contributed by atoms with Crippen molar-refractivity contribution in [2.75, 3.05) is 66.1 Å². The second-order valence-corrected chi connectivity index (χ2v) is 13.9. The Kier molecular flexibility index (Phi) is 46.6. The van der Waals surface area contributed by atoms with Crippen molar-refractivity contribution in [2.45, 2.75) is 194 Å². The summed E-state index contributed by atoms with van der Waals surface area (Å²) < 4.78 is 28.2. The largest absolute Gasteiger partial charge is 0.379 e. The smallest absolute Gasteiger partial charge is 0.0701 e. The van der Waals surface area contributed by atoms with Crippen LogP contribution in [0.15, 0.2) is 24.3 Å². The number of allylic oxidation sites excluding steroid dienone is 4. The lowest BCUT2D eigenvalue weighted by Crippen LogP contribution is -2.13. The van der Waals surface area contributed by atoms with E-state index >= 15 is 0 Å². The first kappa shape index (κ1) is 48.3. The Bertz CT molecular complexity index is 570. The van der Waals surface area contributed by atoms with Gasteiger partial charge in [0.15, 0.2) is 0 Å². The number of ether oxygens (including phenoxy) is 5. The molecule has 0 aliphatic rings. The van der Waals surface area contributed by atoms with E-state index in [1.165, 1.54) is 167 Å². The van der Waals surface area contributed by atoms with Gasteiger partial charge in [-0.25, -0.2) is 0 Å². The lowest BCUT2D eigenvalue weighted by atomic mass is 10.1. The number of rotatable bonds is 44. The van der Waals surface area contributed by atoms with Crippen LogP contribution in [0.3, 0.4) is 0 Å². The molecule has 0 aromatic carbocycles. The van der Waals surface area contributed by atoms with Gasteiger partial charge in [0.05, 0.1) is 52.9 Å². The Balaban J connectivity index is 3.09. The zero-order valence-electron chi connectivity index (χ0n) is 33.2. The van der Waals surface area contributed by atoms with Gasteiger partial charge in [-0.1, -0.05) is 154 Å². The van der Waals surface area contributed by atoms with E-state index in [0.717, 1.165) is 26.1 Å². The van der Waals surface area contributed by atoms with Gasteiger partial charge in [-0.05, 0) is 64.2 Å². The molecule has 0 aliphatic carbocycles. The molecule has 0 bridgehead atoms. The summed E-state index contributed by atoms with van der Waals surface area (Å²) in [4.78, 5) is 0. The Morgan fingerprint density at radius 3 is 0.694 bits per heavy atom. The van der Waals surface area contributed by atoms with Crippen molar-refractivity contribution in [3.05, 3.63) is 24.3 Å². The zero-order valence-corrected chi connectivity index (χ0v) is 33.2. The van der Waals surface area contributed by atoms with Gasteiger partial charge < -0.3 is 23.7 Å².